The van der Waals surface area contributed by atoms with Crippen molar-refractivity contribution in [1.82, 2.24) is 0 Å². The molecule has 0 aliphatic heterocycles. The first kappa shape index (κ1) is 13.2. The minimum Gasteiger partial charge on any atom is -0.380 e. The molecule has 1 N–H and O–H groups in total. The first-order valence-corrected chi connectivity index (χ1v) is 7.12. The second-order valence-electron chi connectivity index (χ2n) is 4.41. The quantitative estimate of drug-likeness (QED) is 0.911. The van der Waals surface area contributed by atoms with E-state index >= 15 is 0 Å². The summed E-state index contributed by atoms with van der Waals surface area (Å²) in [7, 11) is 0. The average molecular weight is 268 g/mol. The molecule has 0 bridgehead atoms. The topological polar surface area (TPSA) is 35.8 Å². The Bertz CT molecular complexity index is 485. The molecule has 1 fully saturated rings. The maximum Gasteiger partial charge on any atom is 0.183 e. The first-order valence-electron chi connectivity index (χ1n) is 5.83. The Morgan fingerprint density at radius 1 is 1.33 bits per heavy atom. The molecule has 0 heterocycles. The molecule has 2 atom stereocenters. The van der Waals surface area contributed by atoms with Crippen LogP contribution >= 0.6 is 11.8 Å². The van der Waals surface area contributed by atoms with Crippen LogP contribution in [0.2, 0.25) is 0 Å². The third-order valence-corrected chi connectivity index (χ3v) is 4.38. The van der Waals surface area contributed by atoms with Crippen LogP contribution in [-0.2, 0) is 0 Å². The highest BCUT2D eigenvalue weighted by atomic mass is 32.2. The number of nitriles is 1. The van der Waals surface area contributed by atoms with Gasteiger partial charge in [0.1, 0.15) is 6.07 Å². The fraction of sp³-hybridized carbons (Fsp3) is 0.462. The fourth-order valence-electron chi connectivity index (χ4n) is 2.25. The van der Waals surface area contributed by atoms with E-state index in [0.29, 0.717) is 5.25 Å². The van der Waals surface area contributed by atoms with Gasteiger partial charge in [-0.25, -0.2) is 8.78 Å². The average Bonchev–Trinajstić information content (AvgIpc) is 2.83. The van der Waals surface area contributed by atoms with Crippen molar-refractivity contribution < 1.29 is 8.78 Å². The molecular weight excluding hydrogens is 254 g/mol. The summed E-state index contributed by atoms with van der Waals surface area (Å²) in [5, 5.41) is 12.2. The summed E-state index contributed by atoms with van der Waals surface area (Å²) in [5.74, 6) is -2.02. The first-order chi connectivity index (χ1) is 8.65. The molecule has 1 saturated carbocycles. The summed E-state index contributed by atoms with van der Waals surface area (Å²) >= 11 is 1.81. The lowest BCUT2D eigenvalue weighted by atomic mass is 10.1. The zero-order valence-electron chi connectivity index (χ0n) is 10.0. The van der Waals surface area contributed by atoms with Gasteiger partial charge < -0.3 is 5.32 Å². The lowest BCUT2D eigenvalue weighted by Crippen LogP contribution is -2.17. The van der Waals surface area contributed by atoms with E-state index in [0.717, 1.165) is 19.3 Å². The molecular formula is C13H14F2N2S. The van der Waals surface area contributed by atoms with Gasteiger partial charge in [0.25, 0.3) is 0 Å². The van der Waals surface area contributed by atoms with Gasteiger partial charge >= 0.3 is 0 Å². The molecule has 1 aliphatic rings. The number of thioether (sulfide) groups is 1. The van der Waals surface area contributed by atoms with Crippen molar-refractivity contribution in [2.45, 2.75) is 30.6 Å². The fourth-order valence-corrected chi connectivity index (χ4v) is 3.05. The highest BCUT2D eigenvalue weighted by Gasteiger charge is 2.25. The summed E-state index contributed by atoms with van der Waals surface area (Å²) in [6.07, 6.45) is 5.09. The Hall–Kier alpha value is -1.28. The summed E-state index contributed by atoms with van der Waals surface area (Å²) < 4.78 is 27.1. The summed E-state index contributed by atoms with van der Waals surface area (Å²) in [6, 6.07) is 4.55. The molecule has 1 aromatic carbocycles. The van der Waals surface area contributed by atoms with E-state index in [1.165, 1.54) is 12.1 Å². The Kier molecular flexibility index (Phi) is 4.07. The lowest BCUT2D eigenvalue weighted by molar-refractivity contribution is 0.507. The Morgan fingerprint density at radius 3 is 2.72 bits per heavy atom. The van der Waals surface area contributed by atoms with Crippen molar-refractivity contribution in [3.63, 3.8) is 0 Å². The maximum atomic E-state index is 13.7. The number of rotatable bonds is 3. The van der Waals surface area contributed by atoms with Gasteiger partial charge in [0, 0.05) is 11.3 Å². The van der Waals surface area contributed by atoms with Crippen molar-refractivity contribution in [3.05, 3.63) is 29.3 Å². The van der Waals surface area contributed by atoms with Crippen LogP contribution in [0.4, 0.5) is 14.5 Å². The zero-order valence-corrected chi connectivity index (χ0v) is 10.9. The molecule has 2 nitrogen and oxygen atoms in total. The number of nitrogens with zero attached hydrogens (tertiary/aromatic N) is 1. The van der Waals surface area contributed by atoms with E-state index in [2.05, 4.69) is 11.6 Å². The molecule has 1 aromatic rings. The van der Waals surface area contributed by atoms with Gasteiger partial charge in [-0.05, 0) is 37.7 Å². The number of halogens is 2. The van der Waals surface area contributed by atoms with Gasteiger partial charge in [-0.3, -0.25) is 0 Å². The predicted octanol–water partition coefficient (Wildman–Crippen LogP) is 3.53. The van der Waals surface area contributed by atoms with Crippen molar-refractivity contribution in [2.75, 3.05) is 11.6 Å². The van der Waals surface area contributed by atoms with E-state index < -0.39 is 11.6 Å². The summed E-state index contributed by atoms with van der Waals surface area (Å²) in [6.45, 7) is 0. The normalized spacial score (nSPS) is 22.8. The second kappa shape index (κ2) is 5.57. The molecule has 0 aromatic heterocycles. The summed E-state index contributed by atoms with van der Waals surface area (Å²) in [4.78, 5) is 0. The van der Waals surface area contributed by atoms with Gasteiger partial charge in [0.2, 0.25) is 0 Å². The van der Waals surface area contributed by atoms with Gasteiger partial charge in [-0.15, -0.1) is 0 Å². The predicted molar refractivity (Wildman–Crippen MR) is 69.6 cm³/mol. The van der Waals surface area contributed by atoms with Crippen LogP contribution in [0.25, 0.3) is 0 Å². The van der Waals surface area contributed by atoms with E-state index in [1.807, 2.05) is 11.8 Å². The molecule has 0 saturated heterocycles. The number of nitrogens with one attached hydrogen (secondary N) is 1. The monoisotopic (exact) mass is 268 g/mol. The van der Waals surface area contributed by atoms with Crippen LogP contribution in [0.5, 0.6) is 0 Å². The molecule has 18 heavy (non-hydrogen) atoms. The van der Waals surface area contributed by atoms with Crippen molar-refractivity contribution >= 4 is 17.4 Å². The van der Waals surface area contributed by atoms with Crippen LogP contribution in [0.15, 0.2) is 12.1 Å². The van der Waals surface area contributed by atoms with E-state index in [-0.39, 0.29) is 17.3 Å². The largest absolute Gasteiger partial charge is 0.380 e. The van der Waals surface area contributed by atoms with E-state index in [4.69, 9.17) is 5.26 Å². The lowest BCUT2D eigenvalue weighted by Gasteiger charge is -2.15. The summed E-state index contributed by atoms with van der Waals surface area (Å²) in [5.41, 5.74) is -0.107. The van der Waals surface area contributed by atoms with Crippen molar-refractivity contribution in [1.29, 1.82) is 5.26 Å². The van der Waals surface area contributed by atoms with Crippen LogP contribution in [-0.4, -0.2) is 17.5 Å². The molecule has 1 aliphatic carbocycles. The Morgan fingerprint density at radius 2 is 2.11 bits per heavy atom. The number of hydrogen-bond acceptors (Lipinski definition) is 3. The van der Waals surface area contributed by atoms with Crippen LogP contribution < -0.4 is 5.32 Å². The third kappa shape index (κ3) is 2.59. The standard InChI is InChI=1S/C13H14F2N2S/c1-18-10-4-3-9(6-10)17-11-5-2-8(7-16)12(14)13(11)15/h2,5,9-10,17H,3-4,6H2,1H3. The van der Waals surface area contributed by atoms with Gasteiger partial charge in [0.05, 0.1) is 11.3 Å². The Labute approximate surface area is 109 Å². The van der Waals surface area contributed by atoms with Gasteiger partial charge in [-0.1, -0.05) is 0 Å². The molecule has 0 amide bonds. The molecule has 0 radical (unpaired) electrons. The molecule has 5 heteroatoms. The smallest absolute Gasteiger partial charge is 0.183 e. The minimum atomic E-state index is -1.07. The maximum absolute atomic E-state index is 13.7. The zero-order chi connectivity index (χ0) is 13.1. The number of benzene rings is 1. The van der Waals surface area contributed by atoms with Crippen molar-refractivity contribution in [3.8, 4) is 6.07 Å². The van der Waals surface area contributed by atoms with E-state index in [1.54, 1.807) is 6.07 Å². The van der Waals surface area contributed by atoms with E-state index in [9.17, 15) is 8.78 Å². The third-order valence-electron chi connectivity index (χ3n) is 3.28. The van der Waals surface area contributed by atoms with Gasteiger partial charge in [-0.2, -0.15) is 17.0 Å². The van der Waals surface area contributed by atoms with Crippen molar-refractivity contribution in [2.24, 2.45) is 0 Å². The van der Waals surface area contributed by atoms with Gasteiger partial charge in [0.15, 0.2) is 11.6 Å². The highest BCUT2D eigenvalue weighted by molar-refractivity contribution is 7.99. The molecule has 0 spiro atoms. The van der Waals surface area contributed by atoms with Crippen LogP contribution in [0, 0.1) is 23.0 Å². The molecule has 2 rings (SSSR count). The molecule has 2 unspecified atom stereocenters. The Balaban J connectivity index is 2.11. The SMILES string of the molecule is CSC1CCC(Nc2ccc(C#N)c(F)c2F)C1. The number of hydrogen-bond donors (Lipinski definition) is 1. The number of anilines is 1. The second-order valence-corrected chi connectivity index (χ2v) is 5.55. The highest BCUT2D eigenvalue weighted by Crippen LogP contribution is 2.31. The van der Waals surface area contributed by atoms with Crippen LogP contribution in [0.1, 0.15) is 24.8 Å². The molecule has 96 valence electrons. The van der Waals surface area contributed by atoms with Crippen LogP contribution in [0.3, 0.4) is 0 Å². The minimum absolute atomic E-state index is 0.151.